The van der Waals surface area contributed by atoms with E-state index in [1.807, 2.05) is 0 Å². The van der Waals surface area contributed by atoms with E-state index in [0.717, 1.165) is 25.9 Å². The van der Waals surface area contributed by atoms with Crippen molar-refractivity contribution in [1.82, 2.24) is 9.62 Å². The van der Waals surface area contributed by atoms with Gasteiger partial charge in [-0.1, -0.05) is 0 Å². The molecule has 0 saturated carbocycles. The summed E-state index contributed by atoms with van der Waals surface area (Å²) < 4.78 is 25.1. The van der Waals surface area contributed by atoms with E-state index in [9.17, 15) is 8.42 Å². The SMILES string of the molecule is CN(CC1CCNCC1)S(=O)(=O)C(C)(C)C. The summed E-state index contributed by atoms with van der Waals surface area (Å²) in [6.45, 7) is 7.92. The Morgan fingerprint density at radius 3 is 2.19 bits per heavy atom. The van der Waals surface area contributed by atoms with Gasteiger partial charge >= 0.3 is 0 Å². The second-order valence-corrected chi connectivity index (χ2v) is 8.39. The minimum absolute atomic E-state index is 0.503. The molecule has 96 valence electrons. The molecule has 1 fully saturated rings. The van der Waals surface area contributed by atoms with Gasteiger partial charge in [0.25, 0.3) is 0 Å². The second kappa shape index (κ2) is 5.02. The molecule has 0 unspecified atom stereocenters. The summed E-state index contributed by atoms with van der Waals surface area (Å²) in [7, 11) is -1.47. The smallest absolute Gasteiger partial charge is 0.218 e. The third kappa shape index (κ3) is 3.18. The van der Waals surface area contributed by atoms with Gasteiger partial charge in [-0.05, 0) is 52.6 Å². The number of nitrogens with zero attached hydrogens (tertiary/aromatic N) is 1. The van der Waals surface area contributed by atoms with Crippen molar-refractivity contribution in [2.24, 2.45) is 5.92 Å². The molecule has 1 heterocycles. The van der Waals surface area contributed by atoms with Crippen LogP contribution < -0.4 is 5.32 Å². The number of nitrogens with one attached hydrogen (secondary N) is 1. The maximum Gasteiger partial charge on any atom is 0.218 e. The quantitative estimate of drug-likeness (QED) is 0.812. The lowest BCUT2D eigenvalue weighted by atomic mass is 9.98. The van der Waals surface area contributed by atoms with Gasteiger partial charge in [-0.25, -0.2) is 12.7 Å². The highest BCUT2D eigenvalue weighted by Gasteiger charge is 2.34. The molecule has 0 bridgehead atoms. The average Bonchev–Trinajstić information content (AvgIpc) is 2.17. The second-order valence-electron chi connectivity index (χ2n) is 5.59. The predicted octanol–water partition coefficient (Wildman–Crippen LogP) is 1.05. The normalized spacial score (nSPS) is 20.3. The zero-order chi connectivity index (χ0) is 12.4. The van der Waals surface area contributed by atoms with Gasteiger partial charge in [-0.2, -0.15) is 0 Å². The van der Waals surface area contributed by atoms with Crippen LogP contribution in [0.3, 0.4) is 0 Å². The van der Waals surface area contributed by atoms with Crippen LogP contribution in [0.4, 0.5) is 0 Å². The van der Waals surface area contributed by atoms with E-state index in [-0.39, 0.29) is 0 Å². The number of hydrogen-bond acceptors (Lipinski definition) is 3. The molecule has 0 amide bonds. The van der Waals surface area contributed by atoms with Crippen LogP contribution in [0.2, 0.25) is 0 Å². The maximum absolute atomic E-state index is 12.1. The number of sulfonamides is 1. The molecule has 0 aromatic rings. The lowest BCUT2D eigenvalue weighted by Gasteiger charge is -2.31. The maximum atomic E-state index is 12.1. The van der Waals surface area contributed by atoms with Crippen molar-refractivity contribution >= 4 is 10.0 Å². The zero-order valence-corrected chi connectivity index (χ0v) is 11.6. The molecule has 16 heavy (non-hydrogen) atoms. The molecular weight excluding hydrogens is 224 g/mol. The molecule has 0 aromatic carbocycles. The minimum atomic E-state index is -3.16. The van der Waals surface area contributed by atoms with Crippen molar-refractivity contribution in [2.75, 3.05) is 26.7 Å². The Bertz CT molecular complexity index is 313. The van der Waals surface area contributed by atoms with E-state index in [1.165, 1.54) is 4.31 Å². The largest absolute Gasteiger partial charge is 0.317 e. The number of piperidine rings is 1. The molecule has 1 rings (SSSR count). The van der Waals surface area contributed by atoms with Gasteiger partial charge in [0.2, 0.25) is 10.0 Å². The van der Waals surface area contributed by atoms with Gasteiger partial charge in [0.15, 0.2) is 0 Å². The summed E-state index contributed by atoms with van der Waals surface area (Å²) >= 11 is 0. The Balaban J connectivity index is 2.61. The molecular formula is C11H24N2O2S. The summed E-state index contributed by atoms with van der Waals surface area (Å²) in [5.41, 5.74) is 0. The molecule has 5 heteroatoms. The highest BCUT2D eigenvalue weighted by Crippen LogP contribution is 2.22. The predicted molar refractivity (Wildman–Crippen MR) is 66.9 cm³/mol. The Hall–Kier alpha value is -0.130. The van der Waals surface area contributed by atoms with Crippen molar-refractivity contribution in [3.05, 3.63) is 0 Å². The lowest BCUT2D eigenvalue weighted by molar-refractivity contribution is 0.307. The van der Waals surface area contributed by atoms with E-state index in [1.54, 1.807) is 27.8 Å². The molecule has 1 aliphatic heterocycles. The van der Waals surface area contributed by atoms with E-state index in [2.05, 4.69) is 5.32 Å². The fraction of sp³-hybridized carbons (Fsp3) is 1.00. The summed E-state index contributed by atoms with van der Waals surface area (Å²) in [5.74, 6) is 0.503. The summed E-state index contributed by atoms with van der Waals surface area (Å²) in [5, 5.41) is 3.29. The van der Waals surface area contributed by atoms with E-state index < -0.39 is 14.8 Å². The summed E-state index contributed by atoms with van der Waals surface area (Å²) in [6.07, 6.45) is 2.15. The Morgan fingerprint density at radius 1 is 1.25 bits per heavy atom. The van der Waals surface area contributed by atoms with Crippen molar-refractivity contribution in [3.63, 3.8) is 0 Å². The molecule has 0 radical (unpaired) electrons. The van der Waals surface area contributed by atoms with E-state index in [4.69, 9.17) is 0 Å². The molecule has 4 nitrogen and oxygen atoms in total. The van der Waals surface area contributed by atoms with Gasteiger partial charge in [0, 0.05) is 13.6 Å². The first-order valence-corrected chi connectivity index (χ1v) is 7.36. The highest BCUT2D eigenvalue weighted by atomic mass is 32.2. The molecule has 0 aromatic heterocycles. The van der Waals surface area contributed by atoms with Gasteiger partial charge < -0.3 is 5.32 Å². The average molecular weight is 248 g/mol. The third-order valence-electron chi connectivity index (χ3n) is 3.16. The summed E-state index contributed by atoms with van der Waals surface area (Å²) in [6, 6.07) is 0. The first kappa shape index (κ1) is 13.9. The van der Waals surface area contributed by atoms with Crippen LogP contribution in [-0.4, -0.2) is 44.2 Å². The van der Waals surface area contributed by atoms with Gasteiger partial charge in [-0.15, -0.1) is 0 Å². The van der Waals surface area contributed by atoms with Gasteiger partial charge in [-0.3, -0.25) is 0 Å². The Kier molecular flexibility index (Phi) is 4.37. The number of hydrogen-bond donors (Lipinski definition) is 1. The first-order valence-electron chi connectivity index (χ1n) is 5.92. The van der Waals surface area contributed by atoms with Crippen LogP contribution in [-0.2, 0) is 10.0 Å². The van der Waals surface area contributed by atoms with Crippen molar-refractivity contribution in [1.29, 1.82) is 0 Å². The lowest BCUT2D eigenvalue weighted by Crippen LogP contribution is -2.44. The third-order valence-corrected chi connectivity index (χ3v) is 5.68. The van der Waals surface area contributed by atoms with Gasteiger partial charge in [0.05, 0.1) is 4.75 Å². The summed E-state index contributed by atoms with van der Waals surface area (Å²) in [4.78, 5) is 0. The minimum Gasteiger partial charge on any atom is -0.317 e. The zero-order valence-electron chi connectivity index (χ0n) is 10.8. The topological polar surface area (TPSA) is 49.4 Å². The molecule has 1 N–H and O–H groups in total. The van der Waals surface area contributed by atoms with Crippen LogP contribution in [0.15, 0.2) is 0 Å². The molecule has 0 spiro atoms. The van der Waals surface area contributed by atoms with Gasteiger partial charge in [0.1, 0.15) is 0 Å². The Labute approximate surface area is 99.5 Å². The standard InChI is InChI=1S/C11H24N2O2S/c1-11(2,3)16(14,15)13(4)9-10-5-7-12-8-6-10/h10,12H,5-9H2,1-4H3. The van der Waals surface area contributed by atoms with Crippen molar-refractivity contribution in [2.45, 2.75) is 38.4 Å². The highest BCUT2D eigenvalue weighted by molar-refractivity contribution is 7.90. The van der Waals surface area contributed by atoms with Crippen LogP contribution in [0.5, 0.6) is 0 Å². The molecule has 1 aliphatic rings. The molecule has 0 atom stereocenters. The van der Waals surface area contributed by atoms with Crippen LogP contribution in [0, 0.1) is 5.92 Å². The first-order chi connectivity index (χ1) is 7.25. The van der Waals surface area contributed by atoms with Crippen LogP contribution in [0.1, 0.15) is 33.6 Å². The van der Waals surface area contributed by atoms with E-state index >= 15 is 0 Å². The monoisotopic (exact) mass is 248 g/mol. The van der Waals surface area contributed by atoms with Crippen LogP contribution >= 0.6 is 0 Å². The van der Waals surface area contributed by atoms with E-state index in [0.29, 0.717) is 12.5 Å². The molecule has 0 aliphatic carbocycles. The number of rotatable bonds is 3. The van der Waals surface area contributed by atoms with Crippen molar-refractivity contribution in [3.8, 4) is 0 Å². The molecule has 1 saturated heterocycles. The fourth-order valence-corrected chi connectivity index (χ4v) is 3.34. The van der Waals surface area contributed by atoms with Crippen LogP contribution in [0.25, 0.3) is 0 Å². The fourth-order valence-electron chi connectivity index (χ4n) is 1.99. The van der Waals surface area contributed by atoms with Crippen molar-refractivity contribution < 1.29 is 8.42 Å². The Morgan fingerprint density at radius 2 is 1.75 bits per heavy atom.